The van der Waals surface area contributed by atoms with Crippen LogP contribution < -0.4 is 10.6 Å². The number of fused-ring (bicyclic) bond motifs is 2. The van der Waals surface area contributed by atoms with Crippen LogP contribution in [-0.4, -0.2) is 47.1 Å². The van der Waals surface area contributed by atoms with Crippen LogP contribution in [0.4, 0.5) is 0 Å². The van der Waals surface area contributed by atoms with Gasteiger partial charge < -0.3 is 20.8 Å². The third kappa shape index (κ3) is 4.35. The van der Waals surface area contributed by atoms with Crippen molar-refractivity contribution in [3.63, 3.8) is 0 Å². The average Bonchev–Trinajstić information content (AvgIpc) is 2.94. The molecule has 0 atom stereocenters. The zero-order valence-electron chi connectivity index (χ0n) is 22.4. The zero-order chi connectivity index (χ0) is 28.6. The molecule has 0 aliphatic heterocycles. The summed E-state index contributed by atoms with van der Waals surface area (Å²) in [5.41, 5.74) is 0.552. The lowest BCUT2D eigenvalue weighted by Gasteiger charge is -2.20. The second kappa shape index (κ2) is 10.8. The molecule has 0 aromatic heterocycles. The molecule has 8 heteroatoms. The topological polar surface area (TPSA) is 133 Å². The van der Waals surface area contributed by atoms with E-state index in [0.717, 1.165) is 25.7 Å². The van der Waals surface area contributed by atoms with Crippen LogP contribution in [0.2, 0.25) is 0 Å². The lowest BCUT2D eigenvalue weighted by Crippen LogP contribution is -2.27. The van der Waals surface area contributed by atoms with E-state index in [-0.39, 0.29) is 28.3 Å². The van der Waals surface area contributed by atoms with Crippen LogP contribution in [0, 0.1) is 0 Å². The maximum atomic E-state index is 13.4. The Morgan fingerprint density at radius 3 is 1.18 bits per heavy atom. The Kier molecular flexibility index (Phi) is 7.26. The smallest absolute Gasteiger partial charge is 0.336 e. The number of unbranched alkanes of at least 4 members (excludes halogenated alkanes) is 2. The van der Waals surface area contributed by atoms with Crippen molar-refractivity contribution in [2.75, 3.05) is 13.1 Å². The van der Waals surface area contributed by atoms with E-state index in [0.29, 0.717) is 61.9 Å². The molecule has 40 heavy (non-hydrogen) atoms. The third-order valence-electron chi connectivity index (χ3n) is 7.48. The molecule has 0 fully saturated rings. The van der Waals surface area contributed by atoms with Gasteiger partial charge in [0.2, 0.25) is 0 Å². The number of rotatable bonds is 10. The largest absolute Gasteiger partial charge is 0.478 e. The number of hydrogen-bond acceptors (Lipinski definition) is 4. The van der Waals surface area contributed by atoms with Gasteiger partial charge in [-0.3, -0.25) is 9.59 Å². The summed E-state index contributed by atoms with van der Waals surface area (Å²) < 4.78 is 0. The van der Waals surface area contributed by atoms with Gasteiger partial charge in [-0.15, -0.1) is 0 Å². The van der Waals surface area contributed by atoms with Gasteiger partial charge in [-0.25, -0.2) is 9.59 Å². The minimum atomic E-state index is -1.22. The van der Waals surface area contributed by atoms with Gasteiger partial charge in [0.1, 0.15) is 0 Å². The fourth-order valence-corrected chi connectivity index (χ4v) is 5.57. The van der Waals surface area contributed by atoms with Crippen LogP contribution in [0.15, 0.2) is 48.5 Å². The first-order valence-corrected chi connectivity index (χ1v) is 13.5. The van der Waals surface area contributed by atoms with E-state index in [2.05, 4.69) is 10.6 Å². The lowest BCUT2D eigenvalue weighted by molar-refractivity contribution is 0.0695. The second-order valence-corrected chi connectivity index (χ2v) is 9.97. The molecule has 5 aromatic carbocycles. The Bertz CT molecular complexity index is 1700. The van der Waals surface area contributed by atoms with Gasteiger partial charge in [-0.2, -0.15) is 0 Å². The van der Waals surface area contributed by atoms with Crippen molar-refractivity contribution in [1.29, 1.82) is 0 Å². The molecule has 0 bridgehead atoms. The number of carboxylic acids is 2. The molecule has 5 aromatic rings. The zero-order valence-corrected chi connectivity index (χ0v) is 22.4. The van der Waals surface area contributed by atoms with Crippen LogP contribution in [0.25, 0.3) is 43.1 Å². The first kappa shape index (κ1) is 26.9. The van der Waals surface area contributed by atoms with Crippen molar-refractivity contribution in [1.82, 2.24) is 10.6 Å². The van der Waals surface area contributed by atoms with Crippen molar-refractivity contribution in [2.45, 2.75) is 39.5 Å². The van der Waals surface area contributed by atoms with Gasteiger partial charge in [0.15, 0.2) is 0 Å². The molecule has 5 rings (SSSR count). The summed E-state index contributed by atoms with van der Waals surface area (Å²) in [6.07, 6.45) is 3.49. The van der Waals surface area contributed by atoms with Gasteiger partial charge in [0, 0.05) is 35.0 Å². The van der Waals surface area contributed by atoms with Crippen molar-refractivity contribution in [3.8, 4) is 0 Å². The summed E-state index contributed by atoms with van der Waals surface area (Å²) in [7, 11) is 0. The normalized spacial score (nSPS) is 11.4. The monoisotopic (exact) mass is 538 g/mol. The number of carboxylic acid groups (broad SMARTS) is 2. The first-order chi connectivity index (χ1) is 19.3. The molecule has 0 saturated carbocycles. The van der Waals surface area contributed by atoms with E-state index in [9.17, 15) is 29.4 Å². The number of hydrogen-bond donors (Lipinski definition) is 4. The Balaban J connectivity index is 1.91. The molecular weight excluding hydrogens is 508 g/mol. The minimum Gasteiger partial charge on any atom is -0.478 e. The number of aromatic carboxylic acids is 2. The van der Waals surface area contributed by atoms with Crippen LogP contribution in [0.1, 0.15) is 81.0 Å². The molecule has 0 radical (unpaired) electrons. The molecule has 4 N–H and O–H groups in total. The molecule has 0 unspecified atom stereocenters. The Labute approximate surface area is 230 Å². The number of carbonyl (C=O) groups is 4. The quantitative estimate of drug-likeness (QED) is 0.0952. The lowest BCUT2D eigenvalue weighted by atomic mass is 9.84. The molecular formula is C32H30N2O6. The van der Waals surface area contributed by atoms with Crippen molar-refractivity contribution in [3.05, 3.63) is 70.8 Å². The van der Waals surface area contributed by atoms with E-state index in [4.69, 9.17) is 0 Å². The van der Waals surface area contributed by atoms with Crippen molar-refractivity contribution < 1.29 is 29.4 Å². The summed E-state index contributed by atoms with van der Waals surface area (Å²) >= 11 is 0. The summed E-state index contributed by atoms with van der Waals surface area (Å²) in [6, 6.07) is 13.2. The van der Waals surface area contributed by atoms with Crippen molar-refractivity contribution in [2.24, 2.45) is 0 Å². The van der Waals surface area contributed by atoms with Gasteiger partial charge in [-0.1, -0.05) is 51.0 Å². The second-order valence-electron chi connectivity index (χ2n) is 9.97. The molecule has 2 amide bonds. The molecule has 0 spiro atoms. The number of carbonyl (C=O) groups excluding carboxylic acids is 2. The predicted octanol–water partition coefficient (Wildman–Crippen LogP) is 6.19. The van der Waals surface area contributed by atoms with Crippen molar-refractivity contribution >= 4 is 66.8 Å². The number of nitrogens with one attached hydrogen (secondary N) is 2. The molecule has 0 aliphatic rings. The van der Waals surface area contributed by atoms with E-state index in [1.165, 1.54) is 12.1 Å². The summed E-state index contributed by atoms with van der Waals surface area (Å²) in [5.74, 6) is -3.00. The van der Waals surface area contributed by atoms with E-state index < -0.39 is 11.9 Å². The van der Waals surface area contributed by atoms with E-state index in [1.807, 2.05) is 13.8 Å². The molecule has 0 aliphatic carbocycles. The molecule has 204 valence electrons. The first-order valence-electron chi connectivity index (χ1n) is 13.5. The number of amides is 2. The molecule has 8 nitrogen and oxygen atoms in total. The average molecular weight is 539 g/mol. The number of benzene rings is 5. The van der Waals surface area contributed by atoms with Gasteiger partial charge in [0.05, 0.1) is 11.1 Å². The van der Waals surface area contributed by atoms with Crippen LogP contribution in [-0.2, 0) is 0 Å². The Hall–Kier alpha value is -4.72. The van der Waals surface area contributed by atoms with Gasteiger partial charge in [0.25, 0.3) is 11.8 Å². The molecule has 0 heterocycles. The highest BCUT2D eigenvalue weighted by Crippen LogP contribution is 2.44. The Morgan fingerprint density at radius 1 is 0.525 bits per heavy atom. The van der Waals surface area contributed by atoms with Gasteiger partial charge >= 0.3 is 11.9 Å². The fourth-order valence-electron chi connectivity index (χ4n) is 5.57. The SMILES string of the molecule is CCCCNC(=O)c1ccc2c3ccc(C(=O)O)c4c(C(=O)O)ccc(c5ccc(C(=O)NCCCC)c1c25)c43. The highest BCUT2D eigenvalue weighted by atomic mass is 16.4. The summed E-state index contributed by atoms with van der Waals surface area (Å²) in [5, 5.41) is 30.3. The summed E-state index contributed by atoms with van der Waals surface area (Å²) in [6.45, 7) is 5.09. The highest BCUT2D eigenvalue weighted by Gasteiger charge is 2.25. The predicted molar refractivity (Wildman–Crippen MR) is 156 cm³/mol. The van der Waals surface area contributed by atoms with Crippen LogP contribution >= 0.6 is 0 Å². The Morgan fingerprint density at radius 2 is 0.850 bits per heavy atom. The van der Waals surface area contributed by atoms with Crippen LogP contribution in [0.5, 0.6) is 0 Å². The highest BCUT2D eigenvalue weighted by molar-refractivity contribution is 6.38. The standard InChI is InChI=1S/C32H30N2O6/c1-3-5-15-33-29(35)21-11-7-17-19-9-13-23(31(37)38)28-24(32(39)40)14-10-20(26(19)28)18-8-12-22(27(21)25(17)18)30(36)34-16-6-4-2/h7-14H,3-6,15-16H2,1-2H3,(H,33,35)(H,34,36)(H,37,38)(H,39,40). The maximum Gasteiger partial charge on any atom is 0.336 e. The van der Waals surface area contributed by atoms with E-state index in [1.54, 1.807) is 36.4 Å². The summed E-state index contributed by atoms with van der Waals surface area (Å²) in [4.78, 5) is 51.1. The fraction of sp³-hybridized carbons (Fsp3) is 0.250. The van der Waals surface area contributed by atoms with Crippen LogP contribution in [0.3, 0.4) is 0 Å². The maximum absolute atomic E-state index is 13.4. The molecule has 0 saturated heterocycles. The minimum absolute atomic E-state index is 0.100. The van der Waals surface area contributed by atoms with E-state index >= 15 is 0 Å². The third-order valence-corrected chi connectivity index (χ3v) is 7.48. The van der Waals surface area contributed by atoms with Gasteiger partial charge in [-0.05, 0) is 69.4 Å².